The van der Waals surface area contributed by atoms with Gasteiger partial charge in [0.15, 0.2) is 0 Å². The number of nitrogens with one attached hydrogen (secondary N) is 1. The minimum absolute atomic E-state index is 0.230. The van der Waals surface area contributed by atoms with Crippen molar-refractivity contribution in [2.45, 2.75) is 12.8 Å². The molecule has 0 atom stereocenters. The van der Waals surface area contributed by atoms with Gasteiger partial charge in [-0.1, -0.05) is 11.6 Å². The number of benzene rings is 1. The van der Waals surface area contributed by atoms with E-state index in [0.29, 0.717) is 35.7 Å². The van der Waals surface area contributed by atoms with Gasteiger partial charge in [0.1, 0.15) is 0 Å². The predicted octanol–water partition coefficient (Wildman–Crippen LogP) is 1.96. The number of rotatable bonds is 4. The largest absolute Gasteiger partial charge is 0.399 e. The van der Waals surface area contributed by atoms with Crippen LogP contribution in [0.15, 0.2) is 18.2 Å². The van der Waals surface area contributed by atoms with Crippen molar-refractivity contribution < 1.29 is 4.79 Å². The fourth-order valence-electron chi connectivity index (χ4n) is 1.21. The van der Waals surface area contributed by atoms with Crippen LogP contribution < -0.4 is 11.1 Å². The van der Waals surface area contributed by atoms with E-state index in [9.17, 15) is 4.79 Å². The highest BCUT2D eigenvalue weighted by Crippen LogP contribution is 2.16. The third kappa shape index (κ3) is 3.79. The van der Waals surface area contributed by atoms with Gasteiger partial charge in [0.2, 0.25) is 0 Å². The number of nitrogens with two attached hydrogens (primary N) is 1. The molecular weight excluding hydrogens is 226 g/mol. The Bertz CT molecular complexity index is 405. The van der Waals surface area contributed by atoms with Crippen LogP contribution in [0.2, 0.25) is 5.02 Å². The summed E-state index contributed by atoms with van der Waals surface area (Å²) in [4.78, 5) is 11.6. The number of unbranched alkanes of at least 4 members (excludes halogenated alkanes) is 1. The summed E-state index contributed by atoms with van der Waals surface area (Å²) in [6, 6.07) is 6.70. The number of nitrogens with zero attached hydrogens (tertiary/aromatic N) is 1. The first-order valence-electron chi connectivity index (χ1n) is 4.84. The number of hydrogen-bond donors (Lipinski definition) is 2. The maximum absolute atomic E-state index is 11.6. The quantitative estimate of drug-likeness (QED) is 0.621. The second-order valence-electron chi connectivity index (χ2n) is 3.29. The van der Waals surface area contributed by atoms with Gasteiger partial charge in [-0.25, -0.2) is 0 Å². The molecule has 0 heterocycles. The summed E-state index contributed by atoms with van der Waals surface area (Å²) in [6.45, 7) is 0.471. The van der Waals surface area contributed by atoms with E-state index < -0.39 is 0 Å². The summed E-state index contributed by atoms with van der Waals surface area (Å²) >= 11 is 5.77. The van der Waals surface area contributed by atoms with E-state index in [1.54, 1.807) is 18.2 Å². The number of carbonyl (C=O) groups excluding carboxylic acids is 1. The summed E-state index contributed by atoms with van der Waals surface area (Å²) in [6.07, 6.45) is 1.07. The summed E-state index contributed by atoms with van der Waals surface area (Å²) in [5.74, 6) is -0.230. The van der Waals surface area contributed by atoms with E-state index >= 15 is 0 Å². The van der Waals surface area contributed by atoms with Crippen molar-refractivity contribution in [3.05, 3.63) is 28.8 Å². The lowest BCUT2D eigenvalue weighted by Gasteiger charge is -2.05. The highest BCUT2D eigenvalue weighted by atomic mass is 35.5. The molecule has 1 rings (SSSR count). The van der Waals surface area contributed by atoms with Gasteiger partial charge in [-0.15, -0.1) is 0 Å². The third-order valence-electron chi connectivity index (χ3n) is 1.93. The maximum atomic E-state index is 11.6. The lowest BCUT2D eigenvalue weighted by molar-refractivity contribution is 0.0953. The summed E-state index contributed by atoms with van der Waals surface area (Å²) in [5.41, 5.74) is 6.45. The van der Waals surface area contributed by atoms with Crippen LogP contribution >= 0.6 is 11.6 Å². The third-order valence-corrected chi connectivity index (χ3v) is 2.15. The molecule has 5 heteroatoms. The number of hydrogen-bond acceptors (Lipinski definition) is 3. The predicted molar refractivity (Wildman–Crippen MR) is 63.0 cm³/mol. The molecule has 1 aromatic carbocycles. The Balaban J connectivity index is 2.56. The molecule has 0 spiro atoms. The molecule has 1 aromatic rings. The van der Waals surface area contributed by atoms with E-state index in [-0.39, 0.29) is 5.91 Å². The fourth-order valence-corrected chi connectivity index (χ4v) is 1.46. The standard InChI is InChI=1S/C11H12ClN3O/c12-9-5-8(6-10(14)7-9)11(16)15-4-2-1-3-13/h5-7H,1-2,4,14H2,(H,15,16). The van der Waals surface area contributed by atoms with Crippen LogP contribution in [-0.2, 0) is 0 Å². The molecular formula is C11H12ClN3O. The Labute approximate surface area is 99.0 Å². The van der Waals surface area contributed by atoms with E-state index in [1.807, 2.05) is 6.07 Å². The van der Waals surface area contributed by atoms with Gasteiger partial charge >= 0.3 is 0 Å². The van der Waals surface area contributed by atoms with Crippen LogP contribution in [0.1, 0.15) is 23.2 Å². The monoisotopic (exact) mass is 237 g/mol. The van der Waals surface area contributed by atoms with E-state index in [1.165, 1.54) is 0 Å². The molecule has 0 aromatic heterocycles. The summed E-state index contributed by atoms with van der Waals surface area (Å²) < 4.78 is 0. The molecule has 0 saturated carbocycles. The molecule has 16 heavy (non-hydrogen) atoms. The molecule has 1 amide bonds. The summed E-state index contributed by atoms with van der Waals surface area (Å²) in [7, 11) is 0. The Morgan fingerprint density at radius 3 is 2.88 bits per heavy atom. The molecule has 0 aliphatic carbocycles. The van der Waals surface area contributed by atoms with Crippen molar-refractivity contribution in [3.63, 3.8) is 0 Å². The van der Waals surface area contributed by atoms with Crippen molar-refractivity contribution in [2.75, 3.05) is 12.3 Å². The van der Waals surface area contributed by atoms with Crippen LogP contribution in [0, 0.1) is 11.3 Å². The summed E-state index contributed by atoms with van der Waals surface area (Å²) in [5, 5.41) is 11.4. The Morgan fingerprint density at radius 1 is 1.50 bits per heavy atom. The van der Waals surface area contributed by atoms with Crippen LogP contribution in [0.3, 0.4) is 0 Å². The molecule has 0 fully saturated rings. The number of nitrogen functional groups attached to an aromatic ring is 1. The number of nitriles is 1. The van der Waals surface area contributed by atoms with Gasteiger partial charge < -0.3 is 11.1 Å². The molecule has 0 unspecified atom stereocenters. The van der Waals surface area contributed by atoms with Crippen molar-refractivity contribution in [1.82, 2.24) is 5.32 Å². The zero-order valence-electron chi connectivity index (χ0n) is 8.66. The SMILES string of the molecule is N#CCCCNC(=O)c1cc(N)cc(Cl)c1. The molecule has 4 nitrogen and oxygen atoms in total. The van der Waals surface area contributed by atoms with Crippen LogP contribution in [-0.4, -0.2) is 12.5 Å². The topological polar surface area (TPSA) is 78.9 Å². The molecule has 84 valence electrons. The van der Waals surface area contributed by atoms with Crippen molar-refractivity contribution in [2.24, 2.45) is 0 Å². The van der Waals surface area contributed by atoms with Gasteiger partial charge in [0.25, 0.3) is 5.91 Å². The van der Waals surface area contributed by atoms with E-state index in [0.717, 1.165) is 0 Å². The van der Waals surface area contributed by atoms with Gasteiger partial charge in [0, 0.05) is 29.2 Å². The minimum atomic E-state index is -0.230. The minimum Gasteiger partial charge on any atom is -0.399 e. The average Bonchev–Trinajstić information content (AvgIpc) is 2.22. The van der Waals surface area contributed by atoms with Gasteiger partial charge in [0.05, 0.1) is 6.07 Å². The Kier molecular flexibility index (Phi) is 4.62. The molecule has 0 radical (unpaired) electrons. The first kappa shape index (κ1) is 12.3. The van der Waals surface area contributed by atoms with Crippen LogP contribution in [0.5, 0.6) is 0 Å². The number of halogens is 1. The first-order valence-corrected chi connectivity index (χ1v) is 5.22. The number of amides is 1. The van der Waals surface area contributed by atoms with Crippen molar-refractivity contribution in [3.8, 4) is 6.07 Å². The fraction of sp³-hybridized carbons (Fsp3) is 0.273. The second-order valence-corrected chi connectivity index (χ2v) is 3.73. The van der Waals surface area contributed by atoms with Crippen molar-refractivity contribution in [1.29, 1.82) is 5.26 Å². The molecule has 3 N–H and O–H groups in total. The van der Waals surface area contributed by atoms with Gasteiger partial charge in [-0.3, -0.25) is 4.79 Å². The Morgan fingerprint density at radius 2 is 2.25 bits per heavy atom. The average molecular weight is 238 g/mol. The van der Waals surface area contributed by atoms with E-state index in [4.69, 9.17) is 22.6 Å². The highest BCUT2D eigenvalue weighted by molar-refractivity contribution is 6.31. The lowest BCUT2D eigenvalue weighted by atomic mass is 10.2. The second kappa shape index (κ2) is 5.99. The molecule has 0 aliphatic heterocycles. The maximum Gasteiger partial charge on any atom is 0.251 e. The van der Waals surface area contributed by atoms with Crippen LogP contribution in [0.4, 0.5) is 5.69 Å². The lowest BCUT2D eigenvalue weighted by Crippen LogP contribution is -2.24. The van der Waals surface area contributed by atoms with Crippen molar-refractivity contribution >= 4 is 23.2 Å². The number of carbonyl (C=O) groups is 1. The smallest absolute Gasteiger partial charge is 0.251 e. The molecule has 0 bridgehead atoms. The van der Waals surface area contributed by atoms with E-state index in [2.05, 4.69) is 5.32 Å². The Hall–Kier alpha value is -1.73. The van der Waals surface area contributed by atoms with Gasteiger partial charge in [-0.2, -0.15) is 5.26 Å². The molecule has 0 saturated heterocycles. The highest BCUT2D eigenvalue weighted by Gasteiger charge is 2.06. The first-order chi connectivity index (χ1) is 7.63. The van der Waals surface area contributed by atoms with Crippen LogP contribution in [0.25, 0.3) is 0 Å². The zero-order valence-corrected chi connectivity index (χ0v) is 9.42. The zero-order chi connectivity index (χ0) is 12.0. The molecule has 0 aliphatic rings. The number of anilines is 1. The normalized spacial score (nSPS) is 9.50. The van der Waals surface area contributed by atoms with Gasteiger partial charge in [-0.05, 0) is 24.6 Å².